The van der Waals surface area contributed by atoms with Crippen LogP contribution in [-0.4, -0.2) is 51.5 Å². The molecule has 0 saturated heterocycles. The third-order valence-corrected chi connectivity index (χ3v) is 2.96. The predicted octanol–water partition coefficient (Wildman–Crippen LogP) is 2.73. The first-order valence-electron chi connectivity index (χ1n) is 7.26. The first kappa shape index (κ1) is 17.5. The Kier molecular flexibility index (Phi) is 8.47. The minimum atomic E-state index is -0.376. The predicted molar refractivity (Wildman–Crippen MR) is 81.8 cm³/mol. The van der Waals surface area contributed by atoms with Gasteiger partial charge < -0.3 is 19.1 Å². The second kappa shape index (κ2) is 10.2. The average Bonchev–Trinajstić information content (AvgIpc) is 2.47. The molecule has 0 fully saturated rings. The molecule has 5 heteroatoms. The topological polar surface area (TPSA) is 48.0 Å². The lowest BCUT2D eigenvalue weighted by molar-refractivity contribution is 0.0607. The highest BCUT2D eigenvalue weighted by molar-refractivity contribution is 5.70. The maximum Gasteiger partial charge on any atom is 0.415 e. The quantitative estimate of drug-likeness (QED) is 0.657. The molecule has 1 aromatic rings. The van der Waals surface area contributed by atoms with Crippen molar-refractivity contribution < 1.29 is 19.0 Å². The van der Waals surface area contributed by atoms with Crippen molar-refractivity contribution in [1.29, 1.82) is 0 Å². The second-order valence-electron chi connectivity index (χ2n) is 4.79. The van der Waals surface area contributed by atoms with E-state index in [-0.39, 0.29) is 6.09 Å². The van der Waals surface area contributed by atoms with Crippen LogP contribution in [0.5, 0.6) is 5.75 Å². The normalized spacial score (nSPS) is 10.4. The van der Waals surface area contributed by atoms with Crippen LogP contribution in [0.25, 0.3) is 0 Å². The summed E-state index contributed by atoms with van der Waals surface area (Å²) < 4.78 is 15.5. The smallest absolute Gasteiger partial charge is 0.410 e. The van der Waals surface area contributed by atoms with Crippen LogP contribution in [0.15, 0.2) is 24.3 Å². The number of hydrogen-bond donors (Lipinski definition) is 0. The Morgan fingerprint density at radius 2 is 2.05 bits per heavy atom. The number of carbonyl (C=O) groups is 1. The van der Waals surface area contributed by atoms with E-state index in [4.69, 9.17) is 14.2 Å². The van der Waals surface area contributed by atoms with Crippen LogP contribution in [-0.2, 0) is 15.9 Å². The molecule has 0 aliphatic carbocycles. The van der Waals surface area contributed by atoms with E-state index in [1.165, 1.54) is 10.5 Å². The van der Waals surface area contributed by atoms with Gasteiger partial charge in [-0.15, -0.1) is 0 Å². The number of aryl methyl sites for hydroxylation is 1. The van der Waals surface area contributed by atoms with E-state index in [1.807, 2.05) is 18.2 Å². The van der Waals surface area contributed by atoms with Crippen LogP contribution in [0, 0.1) is 0 Å². The van der Waals surface area contributed by atoms with Crippen LogP contribution in [0.1, 0.15) is 18.9 Å². The molecule has 0 radical (unpaired) electrons. The number of rotatable bonds is 9. The Morgan fingerprint density at radius 1 is 1.24 bits per heavy atom. The van der Waals surface area contributed by atoms with E-state index < -0.39 is 0 Å². The third kappa shape index (κ3) is 7.11. The lowest BCUT2D eigenvalue weighted by Gasteiger charge is -2.17. The number of carbonyl (C=O) groups excluding carboxylic acids is 1. The standard InChI is InChI=1S/C16H25NO4/c1-4-6-14-7-5-8-15(13-14)21-16(18)17(2)9-10-20-12-11-19-3/h5,7-8,13H,4,6,9-12H2,1-3H3. The zero-order chi connectivity index (χ0) is 15.5. The number of ether oxygens (including phenoxy) is 3. The van der Waals surface area contributed by atoms with Crippen molar-refractivity contribution in [3.05, 3.63) is 29.8 Å². The van der Waals surface area contributed by atoms with Crippen molar-refractivity contribution in [1.82, 2.24) is 4.90 Å². The summed E-state index contributed by atoms with van der Waals surface area (Å²) in [7, 11) is 3.32. The number of benzene rings is 1. The first-order chi connectivity index (χ1) is 10.2. The van der Waals surface area contributed by atoms with Crippen LogP contribution < -0.4 is 4.74 Å². The van der Waals surface area contributed by atoms with Crippen molar-refractivity contribution >= 4 is 6.09 Å². The summed E-state index contributed by atoms with van der Waals surface area (Å²) in [5.74, 6) is 0.582. The molecule has 0 aliphatic heterocycles. The number of hydrogen-bond acceptors (Lipinski definition) is 4. The maximum absolute atomic E-state index is 11.9. The number of methoxy groups -OCH3 is 1. The largest absolute Gasteiger partial charge is 0.415 e. The average molecular weight is 295 g/mol. The minimum absolute atomic E-state index is 0.376. The molecule has 118 valence electrons. The van der Waals surface area contributed by atoms with E-state index in [0.29, 0.717) is 32.1 Å². The van der Waals surface area contributed by atoms with Crippen molar-refractivity contribution in [2.75, 3.05) is 40.5 Å². The molecule has 0 aromatic heterocycles. The molecule has 0 aliphatic rings. The molecule has 1 rings (SSSR count). The molecule has 0 atom stereocenters. The van der Waals surface area contributed by atoms with Crippen molar-refractivity contribution in [2.24, 2.45) is 0 Å². The Morgan fingerprint density at radius 3 is 2.76 bits per heavy atom. The Bertz CT molecular complexity index is 422. The summed E-state index contributed by atoms with van der Waals surface area (Å²) in [6.07, 6.45) is 1.67. The van der Waals surface area contributed by atoms with Crippen molar-refractivity contribution in [2.45, 2.75) is 19.8 Å². The number of amides is 1. The molecular formula is C16H25NO4. The van der Waals surface area contributed by atoms with Gasteiger partial charge in [0.15, 0.2) is 0 Å². The molecule has 0 unspecified atom stereocenters. The first-order valence-corrected chi connectivity index (χ1v) is 7.26. The van der Waals surface area contributed by atoms with Gasteiger partial charge in [0, 0.05) is 20.7 Å². The monoisotopic (exact) mass is 295 g/mol. The molecule has 0 heterocycles. The highest BCUT2D eigenvalue weighted by Gasteiger charge is 2.11. The third-order valence-electron chi connectivity index (χ3n) is 2.96. The SMILES string of the molecule is CCCc1cccc(OC(=O)N(C)CCOCCOC)c1. The van der Waals surface area contributed by atoms with Crippen LogP contribution in [0.2, 0.25) is 0 Å². The van der Waals surface area contributed by atoms with Gasteiger partial charge in [0.2, 0.25) is 0 Å². The van der Waals surface area contributed by atoms with Gasteiger partial charge in [0.05, 0.1) is 19.8 Å². The minimum Gasteiger partial charge on any atom is -0.410 e. The molecule has 1 amide bonds. The highest BCUT2D eigenvalue weighted by Crippen LogP contribution is 2.15. The Balaban J connectivity index is 2.36. The molecule has 0 bridgehead atoms. The second-order valence-corrected chi connectivity index (χ2v) is 4.79. The number of likely N-dealkylation sites (N-methyl/N-ethyl adjacent to an activating group) is 1. The van der Waals surface area contributed by atoms with Gasteiger partial charge in [0.1, 0.15) is 5.75 Å². The fourth-order valence-corrected chi connectivity index (χ4v) is 1.77. The van der Waals surface area contributed by atoms with Gasteiger partial charge in [-0.3, -0.25) is 0 Å². The molecule has 1 aromatic carbocycles. The maximum atomic E-state index is 11.9. The van der Waals surface area contributed by atoms with Gasteiger partial charge in [-0.25, -0.2) is 4.79 Å². The zero-order valence-electron chi connectivity index (χ0n) is 13.1. The van der Waals surface area contributed by atoms with Crippen molar-refractivity contribution in [3.8, 4) is 5.75 Å². The van der Waals surface area contributed by atoms with E-state index in [9.17, 15) is 4.79 Å². The molecule has 0 N–H and O–H groups in total. The molecule has 21 heavy (non-hydrogen) atoms. The zero-order valence-corrected chi connectivity index (χ0v) is 13.1. The summed E-state index contributed by atoms with van der Waals surface area (Å²) in [6.45, 7) is 4.15. The van der Waals surface area contributed by atoms with Crippen LogP contribution >= 0.6 is 0 Å². The summed E-state index contributed by atoms with van der Waals surface area (Å²) in [5, 5.41) is 0. The highest BCUT2D eigenvalue weighted by atomic mass is 16.6. The lowest BCUT2D eigenvalue weighted by Crippen LogP contribution is -2.32. The van der Waals surface area contributed by atoms with Gasteiger partial charge in [-0.05, 0) is 24.1 Å². The van der Waals surface area contributed by atoms with Gasteiger partial charge in [-0.2, -0.15) is 0 Å². The van der Waals surface area contributed by atoms with E-state index in [0.717, 1.165) is 12.8 Å². The Labute approximate surface area is 126 Å². The summed E-state index contributed by atoms with van der Waals surface area (Å²) >= 11 is 0. The molecular weight excluding hydrogens is 270 g/mol. The van der Waals surface area contributed by atoms with Gasteiger partial charge in [0.25, 0.3) is 0 Å². The summed E-state index contributed by atoms with van der Waals surface area (Å²) in [4.78, 5) is 13.4. The van der Waals surface area contributed by atoms with Gasteiger partial charge >= 0.3 is 6.09 Å². The van der Waals surface area contributed by atoms with E-state index in [1.54, 1.807) is 20.2 Å². The molecule has 0 saturated carbocycles. The van der Waals surface area contributed by atoms with Gasteiger partial charge in [-0.1, -0.05) is 25.5 Å². The molecule has 5 nitrogen and oxygen atoms in total. The van der Waals surface area contributed by atoms with Crippen molar-refractivity contribution in [3.63, 3.8) is 0 Å². The number of nitrogens with zero attached hydrogens (tertiary/aromatic N) is 1. The Hall–Kier alpha value is -1.59. The molecule has 0 spiro atoms. The fourth-order valence-electron chi connectivity index (χ4n) is 1.77. The lowest BCUT2D eigenvalue weighted by atomic mass is 10.1. The van der Waals surface area contributed by atoms with E-state index >= 15 is 0 Å². The van der Waals surface area contributed by atoms with Crippen LogP contribution in [0.3, 0.4) is 0 Å². The van der Waals surface area contributed by atoms with Crippen LogP contribution in [0.4, 0.5) is 4.79 Å². The summed E-state index contributed by atoms with van der Waals surface area (Å²) in [5.41, 5.74) is 1.17. The van der Waals surface area contributed by atoms with E-state index in [2.05, 4.69) is 6.92 Å². The summed E-state index contributed by atoms with van der Waals surface area (Å²) in [6, 6.07) is 7.64. The fraction of sp³-hybridized carbons (Fsp3) is 0.562.